The van der Waals surface area contributed by atoms with Gasteiger partial charge >= 0.3 is 18.0 Å². The number of ether oxygens (including phenoxy) is 3. The van der Waals surface area contributed by atoms with Crippen molar-refractivity contribution in [3.8, 4) is 0 Å². The number of alkyl carbamates (subject to hydrolysis) is 1. The molecule has 0 radical (unpaired) electrons. The highest BCUT2D eigenvalue weighted by molar-refractivity contribution is 5.81. The van der Waals surface area contributed by atoms with Crippen molar-refractivity contribution in [1.82, 2.24) is 10.6 Å². The molecule has 0 unspecified atom stereocenters. The summed E-state index contributed by atoms with van der Waals surface area (Å²) in [5.41, 5.74) is 1.93. The van der Waals surface area contributed by atoms with Gasteiger partial charge in [-0.3, -0.25) is 4.79 Å². The van der Waals surface area contributed by atoms with Gasteiger partial charge in [0, 0.05) is 0 Å². The maximum absolute atomic E-state index is 13.0. The van der Waals surface area contributed by atoms with Gasteiger partial charge in [0.15, 0.2) is 0 Å². The summed E-state index contributed by atoms with van der Waals surface area (Å²) in [5.74, 6) is -0.992. The number of hydrogen-bond donors (Lipinski definition) is 2. The first-order chi connectivity index (χ1) is 19.2. The quantitative estimate of drug-likeness (QED) is 0.231. The van der Waals surface area contributed by atoms with Crippen LogP contribution < -0.4 is 10.6 Å². The molecule has 40 heavy (non-hydrogen) atoms. The van der Waals surface area contributed by atoms with E-state index < -0.39 is 35.7 Å². The minimum atomic E-state index is -0.979. The van der Waals surface area contributed by atoms with Crippen molar-refractivity contribution >= 4 is 18.0 Å². The lowest BCUT2D eigenvalue weighted by atomic mass is 10.1. The number of nitrogens with one attached hydrogen (secondary N) is 2. The predicted octanol–water partition coefficient (Wildman–Crippen LogP) is 4.96. The Balaban J connectivity index is 1.62. The molecule has 0 aliphatic heterocycles. The molecule has 0 saturated carbocycles. The minimum Gasteiger partial charge on any atom is -0.460 e. The van der Waals surface area contributed by atoms with Gasteiger partial charge < -0.3 is 24.8 Å². The van der Waals surface area contributed by atoms with Crippen LogP contribution in [-0.2, 0) is 43.4 Å². The highest BCUT2D eigenvalue weighted by Crippen LogP contribution is 2.12. The molecule has 0 bridgehead atoms. The third kappa shape index (κ3) is 11.3. The SMILES string of the molecule is CC(C)(C)OC(=O)[C@H](CCN[C@@H](Cc1ccccc1)C(=O)OCc1ccccc1)NC(=O)OCc1ccccc1. The Labute approximate surface area is 236 Å². The Bertz CT molecular complexity index is 1200. The van der Waals surface area contributed by atoms with E-state index in [0.717, 1.165) is 16.7 Å². The van der Waals surface area contributed by atoms with Gasteiger partial charge in [0.25, 0.3) is 0 Å². The predicted molar refractivity (Wildman–Crippen MR) is 152 cm³/mol. The first-order valence-electron chi connectivity index (χ1n) is 13.4. The Morgan fingerprint density at radius 2 is 1.18 bits per heavy atom. The normalized spacial score (nSPS) is 12.6. The molecule has 212 valence electrons. The van der Waals surface area contributed by atoms with Crippen molar-refractivity contribution in [1.29, 1.82) is 0 Å². The van der Waals surface area contributed by atoms with E-state index in [9.17, 15) is 14.4 Å². The summed E-state index contributed by atoms with van der Waals surface area (Å²) in [6.45, 7) is 5.73. The first kappa shape index (κ1) is 30.4. The maximum atomic E-state index is 13.0. The molecule has 0 spiro atoms. The van der Waals surface area contributed by atoms with Crippen LogP contribution in [0.5, 0.6) is 0 Å². The fourth-order valence-electron chi connectivity index (χ4n) is 3.85. The lowest BCUT2D eigenvalue weighted by Gasteiger charge is -2.25. The second kappa shape index (κ2) is 15.4. The lowest BCUT2D eigenvalue weighted by Crippen LogP contribution is -2.47. The van der Waals surface area contributed by atoms with Crippen LogP contribution in [0.15, 0.2) is 91.0 Å². The molecule has 2 atom stereocenters. The molecule has 1 amide bonds. The van der Waals surface area contributed by atoms with Crippen molar-refractivity contribution in [3.05, 3.63) is 108 Å². The minimum absolute atomic E-state index is 0.0678. The number of esters is 2. The highest BCUT2D eigenvalue weighted by Gasteiger charge is 2.28. The van der Waals surface area contributed by atoms with Crippen LogP contribution in [-0.4, -0.2) is 42.3 Å². The Hall–Kier alpha value is -4.17. The molecular formula is C32H38N2O6. The van der Waals surface area contributed by atoms with Gasteiger partial charge in [-0.2, -0.15) is 0 Å². The summed E-state index contributed by atoms with van der Waals surface area (Å²) < 4.78 is 16.4. The van der Waals surface area contributed by atoms with Crippen LogP contribution in [0.1, 0.15) is 43.9 Å². The summed E-state index contributed by atoms with van der Waals surface area (Å²) in [6.07, 6.45) is -0.159. The number of rotatable bonds is 13. The van der Waals surface area contributed by atoms with Gasteiger partial charge in [-0.05, 0) is 56.8 Å². The number of carbonyl (C=O) groups is 3. The van der Waals surface area contributed by atoms with E-state index in [-0.39, 0.29) is 26.2 Å². The standard InChI is InChI=1S/C32H38N2O6/c1-32(2,3)40-30(36)27(34-31(37)39-23-26-17-11-6-12-18-26)19-20-33-28(21-24-13-7-4-8-14-24)29(35)38-22-25-15-9-5-10-16-25/h4-18,27-28,33H,19-23H2,1-3H3,(H,34,37)/t27-,28-/m0/s1. The zero-order valence-electron chi connectivity index (χ0n) is 23.3. The molecule has 3 aromatic carbocycles. The highest BCUT2D eigenvalue weighted by atomic mass is 16.6. The number of hydrogen-bond acceptors (Lipinski definition) is 7. The van der Waals surface area contributed by atoms with Gasteiger partial charge in [-0.15, -0.1) is 0 Å². The summed E-state index contributed by atoms with van der Waals surface area (Å²) in [7, 11) is 0. The van der Waals surface area contributed by atoms with E-state index >= 15 is 0 Å². The van der Waals surface area contributed by atoms with Crippen molar-refractivity contribution in [2.24, 2.45) is 0 Å². The van der Waals surface area contributed by atoms with Gasteiger partial charge in [0.2, 0.25) is 0 Å². The van der Waals surface area contributed by atoms with Crippen LogP contribution in [0, 0.1) is 0 Å². The molecular weight excluding hydrogens is 508 g/mol. The summed E-state index contributed by atoms with van der Waals surface area (Å²) in [6, 6.07) is 26.7. The van der Waals surface area contributed by atoms with Gasteiger partial charge in [0.05, 0.1) is 0 Å². The Morgan fingerprint density at radius 3 is 1.70 bits per heavy atom. The zero-order valence-corrected chi connectivity index (χ0v) is 23.3. The summed E-state index contributed by atoms with van der Waals surface area (Å²) >= 11 is 0. The fourth-order valence-corrected chi connectivity index (χ4v) is 3.85. The van der Waals surface area contributed by atoms with Gasteiger partial charge in [0.1, 0.15) is 30.9 Å². The van der Waals surface area contributed by atoms with Crippen LogP contribution in [0.4, 0.5) is 4.79 Å². The van der Waals surface area contributed by atoms with E-state index in [2.05, 4.69) is 10.6 Å². The molecule has 2 N–H and O–H groups in total. The van der Waals surface area contributed by atoms with Crippen molar-refractivity contribution in [2.45, 2.75) is 64.5 Å². The van der Waals surface area contributed by atoms with Crippen molar-refractivity contribution < 1.29 is 28.6 Å². The molecule has 0 fully saturated rings. The largest absolute Gasteiger partial charge is 0.460 e. The van der Waals surface area contributed by atoms with Gasteiger partial charge in [-0.25, -0.2) is 9.59 Å². The Kier molecular flexibility index (Phi) is 11.7. The second-order valence-electron chi connectivity index (χ2n) is 10.4. The van der Waals surface area contributed by atoms with E-state index in [0.29, 0.717) is 6.42 Å². The van der Waals surface area contributed by atoms with Crippen molar-refractivity contribution in [3.63, 3.8) is 0 Å². The second-order valence-corrected chi connectivity index (χ2v) is 10.4. The first-order valence-corrected chi connectivity index (χ1v) is 13.4. The molecule has 8 heteroatoms. The monoisotopic (exact) mass is 546 g/mol. The van der Waals surface area contributed by atoms with E-state index in [4.69, 9.17) is 14.2 Å². The van der Waals surface area contributed by atoms with Crippen LogP contribution in [0.2, 0.25) is 0 Å². The molecule has 0 aliphatic rings. The topological polar surface area (TPSA) is 103 Å². The smallest absolute Gasteiger partial charge is 0.408 e. The summed E-state index contributed by atoms with van der Waals surface area (Å²) in [5, 5.41) is 5.83. The molecule has 0 aromatic heterocycles. The van der Waals surface area contributed by atoms with E-state index in [1.54, 1.807) is 20.8 Å². The number of amides is 1. The lowest BCUT2D eigenvalue weighted by molar-refractivity contribution is -0.157. The van der Waals surface area contributed by atoms with Crippen LogP contribution >= 0.6 is 0 Å². The van der Waals surface area contributed by atoms with Crippen LogP contribution in [0.3, 0.4) is 0 Å². The third-order valence-corrected chi connectivity index (χ3v) is 5.81. The zero-order chi connectivity index (χ0) is 28.8. The molecule has 0 saturated heterocycles. The van der Waals surface area contributed by atoms with E-state index in [1.807, 2.05) is 91.0 Å². The number of benzene rings is 3. The maximum Gasteiger partial charge on any atom is 0.408 e. The van der Waals surface area contributed by atoms with Crippen LogP contribution in [0.25, 0.3) is 0 Å². The van der Waals surface area contributed by atoms with Crippen molar-refractivity contribution in [2.75, 3.05) is 6.54 Å². The van der Waals surface area contributed by atoms with Gasteiger partial charge in [-0.1, -0.05) is 91.0 Å². The van der Waals surface area contributed by atoms with E-state index in [1.165, 1.54) is 0 Å². The average Bonchev–Trinajstić information content (AvgIpc) is 2.94. The molecule has 8 nitrogen and oxygen atoms in total. The third-order valence-electron chi connectivity index (χ3n) is 5.81. The molecule has 3 rings (SSSR count). The Morgan fingerprint density at radius 1 is 0.675 bits per heavy atom. The molecule has 3 aromatic rings. The molecule has 0 heterocycles. The fraction of sp³-hybridized carbons (Fsp3) is 0.344. The molecule has 0 aliphatic carbocycles. The summed E-state index contributed by atoms with van der Waals surface area (Å²) in [4.78, 5) is 38.5. The average molecular weight is 547 g/mol. The number of carbonyl (C=O) groups excluding carboxylic acids is 3.